The summed E-state index contributed by atoms with van der Waals surface area (Å²) < 4.78 is 0. The van der Waals surface area contributed by atoms with E-state index in [1.165, 1.54) is 32.1 Å². The topological polar surface area (TPSA) is 63.3 Å². The van der Waals surface area contributed by atoms with Gasteiger partial charge in [0.1, 0.15) is 0 Å². The number of hydrogen-bond donors (Lipinski definition) is 2. The van der Waals surface area contributed by atoms with Crippen LogP contribution < -0.4 is 5.73 Å². The van der Waals surface area contributed by atoms with Crippen molar-refractivity contribution in [3.8, 4) is 0 Å². The van der Waals surface area contributed by atoms with Crippen LogP contribution in [0.15, 0.2) is 0 Å². The van der Waals surface area contributed by atoms with E-state index in [0.29, 0.717) is 12.5 Å². The highest BCUT2D eigenvalue weighted by Gasteiger charge is 2.20. The first-order valence-electron chi connectivity index (χ1n) is 6.53. The van der Waals surface area contributed by atoms with Crippen LogP contribution in [0.3, 0.4) is 0 Å². The van der Waals surface area contributed by atoms with Crippen LogP contribution in [-0.2, 0) is 4.79 Å². The Morgan fingerprint density at radius 1 is 1.50 bits per heavy atom. The molecule has 3 nitrogen and oxygen atoms in total. The molecule has 0 heterocycles. The van der Waals surface area contributed by atoms with E-state index in [1.807, 2.05) is 0 Å². The van der Waals surface area contributed by atoms with Gasteiger partial charge in [-0.1, -0.05) is 39.0 Å². The predicted octanol–water partition coefficient (Wildman–Crippen LogP) is 2.64. The largest absolute Gasteiger partial charge is 0.481 e. The molecular formula is C13H25NO2. The van der Waals surface area contributed by atoms with Gasteiger partial charge in [0, 0.05) is 6.42 Å². The lowest BCUT2D eigenvalue weighted by Crippen LogP contribution is -2.21. The van der Waals surface area contributed by atoms with Crippen LogP contribution in [0.4, 0.5) is 0 Å². The molecule has 0 aliphatic heterocycles. The van der Waals surface area contributed by atoms with E-state index in [9.17, 15) is 4.79 Å². The zero-order valence-electron chi connectivity index (χ0n) is 10.3. The van der Waals surface area contributed by atoms with Crippen molar-refractivity contribution in [2.45, 2.75) is 51.9 Å². The normalized spacial score (nSPS) is 20.1. The van der Waals surface area contributed by atoms with Crippen molar-refractivity contribution in [2.75, 3.05) is 6.54 Å². The van der Waals surface area contributed by atoms with Gasteiger partial charge in [-0.05, 0) is 30.7 Å². The third-order valence-electron chi connectivity index (χ3n) is 3.82. The zero-order valence-corrected chi connectivity index (χ0v) is 10.3. The first-order chi connectivity index (χ1) is 7.61. The molecule has 0 aromatic heterocycles. The summed E-state index contributed by atoms with van der Waals surface area (Å²) in [5, 5.41) is 8.74. The van der Waals surface area contributed by atoms with Crippen molar-refractivity contribution in [3.05, 3.63) is 0 Å². The molecule has 1 aliphatic carbocycles. The van der Waals surface area contributed by atoms with Crippen molar-refractivity contribution in [2.24, 2.45) is 23.5 Å². The smallest absolute Gasteiger partial charge is 0.303 e. The van der Waals surface area contributed by atoms with Crippen molar-refractivity contribution in [3.63, 3.8) is 0 Å². The predicted molar refractivity (Wildman–Crippen MR) is 65.2 cm³/mol. The van der Waals surface area contributed by atoms with Crippen molar-refractivity contribution >= 4 is 5.97 Å². The summed E-state index contributed by atoms with van der Waals surface area (Å²) in [6, 6.07) is 0. The fraction of sp³-hybridized carbons (Fsp3) is 0.923. The zero-order chi connectivity index (χ0) is 12.0. The molecule has 0 amide bonds. The molecule has 16 heavy (non-hydrogen) atoms. The lowest BCUT2D eigenvalue weighted by Gasteiger charge is -2.27. The minimum absolute atomic E-state index is 0.161. The van der Waals surface area contributed by atoms with E-state index in [4.69, 9.17) is 10.8 Å². The second kappa shape index (κ2) is 6.89. The Bertz CT molecular complexity index is 214. The number of carboxylic acid groups (broad SMARTS) is 1. The fourth-order valence-electron chi connectivity index (χ4n) is 2.50. The molecule has 0 aromatic rings. The first kappa shape index (κ1) is 13.5. The highest BCUT2D eigenvalue weighted by molar-refractivity contribution is 5.67. The Morgan fingerprint density at radius 3 is 2.62 bits per heavy atom. The highest BCUT2D eigenvalue weighted by Crippen LogP contribution is 2.32. The van der Waals surface area contributed by atoms with Crippen LogP contribution in [0, 0.1) is 17.8 Å². The monoisotopic (exact) mass is 227 g/mol. The first-order valence-corrected chi connectivity index (χ1v) is 6.53. The molecule has 1 saturated carbocycles. The summed E-state index contributed by atoms with van der Waals surface area (Å²) in [6.07, 6.45) is 7.97. The maximum atomic E-state index is 10.6. The Labute approximate surface area is 98.4 Å². The third kappa shape index (κ3) is 4.97. The molecule has 3 N–H and O–H groups in total. The highest BCUT2D eigenvalue weighted by atomic mass is 16.4. The summed E-state index contributed by atoms with van der Waals surface area (Å²) in [7, 11) is 0. The Morgan fingerprint density at radius 2 is 2.19 bits per heavy atom. The standard InChI is InChI=1S/C13H25NO2/c1-10(5-6-11-3-2-4-11)7-12(9-14)8-13(15)16/h10-12H,2-9,14H2,1H3,(H,15,16). The Hall–Kier alpha value is -0.570. The Kier molecular flexibility index (Phi) is 5.81. The van der Waals surface area contributed by atoms with E-state index >= 15 is 0 Å². The average molecular weight is 227 g/mol. The number of aliphatic carboxylic acids is 1. The van der Waals surface area contributed by atoms with E-state index in [1.54, 1.807) is 0 Å². The van der Waals surface area contributed by atoms with E-state index in [0.717, 1.165) is 12.3 Å². The van der Waals surface area contributed by atoms with Crippen molar-refractivity contribution in [1.29, 1.82) is 0 Å². The van der Waals surface area contributed by atoms with Gasteiger partial charge >= 0.3 is 5.97 Å². The number of carbonyl (C=O) groups is 1. The van der Waals surface area contributed by atoms with Crippen LogP contribution in [0.1, 0.15) is 51.9 Å². The van der Waals surface area contributed by atoms with Gasteiger partial charge in [-0.15, -0.1) is 0 Å². The summed E-state index contributed by atoms with van der Waals surface area (Å²) in [5.74, 6) is 1.02. The number of nitrogens with two attached hydrogens (primary N) is 1. The summed E-state index contributed by atoms with van der Waals surface area (Å²) in [5.41, 5.74) is 5.60. The third-order valence-corrected chi connectivity index (χ3v) is 3.82. The van der Waals surface area contributed by atoms with E-state index in [-0.39, 0.29) is 12.3 Å². The number of hydrogen-bond acceptors (Lipinski definition) is 2. The number of rotatable bonds is 8. The van der Waals surface area contributed by atoms with Crippen LogP contribution >= 0.6 is 0 Å². The maximum absolute atomic E-state index is 10.6. The van der Waals surface area contributed by atoms with Crippen molar-refractivity contribution < 1.29 is 9.90 Å². The molecule has 3 heteroatoms. The SMILES string of the molecule is CC(CCC1CCC1)CC(CN)CC(=O)O. The van der Waals surface area contributed by atoms with Gasteiger partial charge in [-0.3, -0.25) is 4.79 Å². The molecule has 0 aromatic carbocycles. The maximum Gasteiger partial charge on any atom is 0.303 e. The molecule has 94 valence electrons. The molecule has 1 aliphatic rings. The Balaban J connectivity index is 2.13. The van der Waals surface area contributed by atoms with Crippen molar-refractivity contribution in [1.82, 2.24) is 0 Å². The van der Waals surface area contributed by atoms with Gasteiger partial charge in [-0.2, -0.15) is 0 Å². The van der Waals surface area contributed by atoms with Gasteiger partial charge in [0.05, 0.1) is 0 Å². The average Bonchev–Trinajstić information content (AvgIpc) is 2.13. The van der Waals surface area contributed by atoms with Gasteiger partial charge in [-0.25, -0.2) is 0 Å². The lowest BCUT2D eigenvalue weighted by molar-refractivity contribution is -0.138. The summed E-state index contributed by atoms with van der Waals surface area (Å²) >= 11 is 0. The van der Waals surface area contributed by atoms with Gasteiger partial charge in [0.2, 0.25) is 0 Å². The molecule has 2 atom stereocenters. The molecule has 0 bridgehead atoms. The van der Waals surface area contributed by atoms with E-state index < -0.39 is 5.97 Å². The lowest BCUT2D eigenvalue weighted by atomic mass is 9.79. The molecule has 0 saturated heterocycles. The summed E-state index contributed by atoms with van der Waals surface area (Å²) in [4.78, 5) is 10.6. The second-order valence-corrected chi connectivity index (χ2v) is 5.41. The van der Waals surface area contributed by atoms with Crippen LogP contribution in [0.2, 0.25) is 0 Å². The number of carboxylic acids is 1. The fourth-order valence-corrected chi connectivity index (χ4v) is 2.50. The second-order valence-electron chi connectivity index (χ2n) is 5.41. The van der Waals surface area contributed by atoms with Crippen LogP contribution in [0.5, 0.6) is 0 Å². The van der Waals surface area contributed by atoms with E-state index in [2.05, 4.69) is 6.92 Å². The minimum atomic E-state index is -0.721. The summed E-state index contributed by atoms with van der Waals surface area (Å²) in [6.45, 7) is 2.73. The van der Waals surface area contributed by atoms with Crippen LogP contribution in [0.25, 0.3) is 0 Å². The molecule has 2 unspecified atom stereocenters. The molecule has 1 rings (SSSR count). The van der Waals surface area contributed by atoms with Gasteiger partial charge in [0.25, 0.3) is 0 Å². The quantitative estimate of drug-likeness (QED) is 0.670. The minimum Gasteiger partial charge on any atom is -0.481 e. The molecule has 0 radical (unpaired) electrons. The van der Waals surface area contributed by atoms with Crippen LogP contribution in [-0.4, -0.2) is 17.6 Å². The van der Waals surface area contributed by atoms with Gasteiger partial charge < -0.3 is 10.8 Å². The van der Waals surface area contributed by atoms with Gasteiger partial charge in [0.15, 0.2) is 0 Å². The molecule has 0 spiro atoms. The molecule has 1 fully saturated rings. The molecular weight excluding hydrogens is 202 g/mol.